The van der Waals surface area contributed by atoms with E-state index in [4.69, 9.17) is 0 Å². The molecule has 24 heavy (non-hydrogen) atoms. The minimum absolute atomic E-state index is 0.00902. The number of carbonyl (C=O) groups is 1. The predicted molar refractivity (Wildman–Crippen MR) is 94.9 cm³/mol. The molecule has 4 heteroatoms. The highest BCUT2D eigenvalue weighted by Gasteiger charge is 2.32. The normalized spacial score (nSPS) is 18.7. The minimum atomic E-state index is -0.0740. The summed E-state index contributed by atoms with van der Waals surface area (Å²) in [6.45, 7) is 4.92. The van der Waals surface area contributed by atoms with Crippen LogP contribution in [0.4, 0.5) is 0 Å². The summed E-state index contributed by atoms with van der Waals surface area (Å²) in [5.41, 5.74) is 2.62. The molecule has 0 spiro atoms. The molecule has 0 fully saturated rings. The summed E-state index contributed by atoms with van der Waals surface area (Å²) in [5, 5.41) is 3.15. The number of hydrogen-bond donors (Lipinski definition) is 1. The summed E-state index contributed by atoms with van der Waals surface area (Å²) in [4.78, 5) is 24.0. The fraction of sp³-hybridized carbons (Fsp3) is 0.400. The third kappa shape index (κ3) is 3.42. The molecule has 0 saturated carbocycles. The number of pyridine rings is 1. The highest BCUT2D eigenvalue weighted by molar-refractivity contribution is 5.76. The van der Waals surface area contributed by atoms with Crippen LogP contribution in [0, 0.1) is 0 Å². The van der Waals surface area contributed by atoms with Crippen molar-refractivity contribution in [3.63, 3.8) is 0 Å². The Hall–Kier alpha value is -2.36. The number of carbonyl (C=O) groups excluding carboxylic acids is 1. The van der Waals surface area contributed by atoms with E-state index >= 15 is 0 Å². The molecule has 3 rings (SSSR count). The number of benzene rings is 1. The molecule has 0 radical (unpaired) electrons. The number of nitrogens with one attached hydrogen (secondary N) is 1. The number of rotatable bonds is 4. The maximum absolute atomic E-state index is 12.3. The molecule has 1 aromatic carbocycles. The van der Waals surface area contributed by atoms with Gasteiger partial charge in [0.05, 0.1) is 6.04 Å². The lowest BCUT2D eigenvalue weighted by Gasteiger charge is -2.37. The number of fused-ring (bicyclic) bond motifs is 1. The van der Waals surface area contributed by atoms with E-state index in [-0.39, 0.29) is 22.9 Å². The Morgan fingerprint density at radius 2 is 1.96 bits per heavy atom. The van der Waals surface area contributed by atoms with Gasteiger partial charge in [-0.15, -0.1) is 0 Å². The van der Waals surface area contributed by atoms with Crippen LogP contribution in [0.25, 0.3) is 0 Å². The molecule has 1 N–H and O–H groups in total. The SMILES string of the molecule is CC1(C)CCC(NC(=O)CCn2ccccc2=O)c2ccccc21. The summed E-state index contributed by atoms with van der Waals surface area (Å²) in [6, 6.07) is 13.5. The van der Waals surface area contributed by atoms with Gasteiger partial charge in [0.25, 0.3) is 5.56 Å². The van der Waals surface area contributed by atoms with Crippen LogP contribution in [0.5, 0.6) is 0 Å². The van der Waals surface area contributed by atoms with Crippen LogP contribution in [0.2, 0.25) is 0 Å². The van der Waals surface area contributed by atoms with Gasteiger partial charge in [0.2, 0.25) is 5.91 Å². The predicted octanol–water partition coefficient (Wildman–Crippen LogP) is 3.17. The molecule has 0 bridgehead atoms. The molecule has 126 valence electrons. The lowest BCUT2D eigenvalue weighted by Crippen LogP contribution is -2.36. The average molecular weight is 324 g/mol. The van der Waals surface area contributed by atoms with Crippen molar-refractivity contribution in [1.29, 1.82) is 0 Å². The molecule has 0 saturated heterocycles. The van der Waals surface area contributed by atoms with Crippen molar-refractivity contribution < 1.29 is 4.79 Å². The molecular weight excluding hydrogens is 300 g/mol. The zero-order valence-corrected chi connectivity index (χ0v) is 14.3. The summed E-state index contributed by atoms with van der Waals surface area (Å²) in [5.74, 6) is -0.00902. The number of aryl methyl sites for hydroxylation is 1. The van der Waals surface area contributed by atoms with Crippen LogP contribution in [0.3, 0.4) is 0 Å². The van der Waals surface area contributed by atoms with Crippen molar-refractivity contribution in [2.45, 2.75) is 51.1 Å². The topological polar surface area (TPSA) is 51.1 Å². The highest BCUT2D eigenvalue weighted by atomic mass is 16.2. The standard InChI is InChI=1S/C20H24N2O2/c1-20(2)12-10-17(15-7-3-4-8-16(15)20)21-18(23)11-14-22-13-6-5-9-19(22)24/h3-9,13,17H,10-12,14H2,1-2H3,(H,21,23). The third-order valence-corrected chi connectivity index (χ3v) is 4.94. The highest BCUT2D eigenvalue weighted by Crippen LogP contribution is 2.41. The number of aromatic nitrogens is 1. The van der Waals surface area contributed by atoms with Gasteiger partial charge in [-0.1, -0.05) is 44.2 Å². The van der Waals surface area contributed by atoms with Gasteiger partial charge < -0.3 is 9.88 Å². The maximum atomic E-state index is 12.3. The second kappa shape index (κ2) is 6.63. The summed E-state index contributed by atoms with van der Waals surface area (Å²) in [7, 11) is 0. The monoisotopic (exact) mass is 324 g/mol. The Morgan fingerprint density at radius 3 is 2.75 bits per heavy atom. The van der Waals surface area contributed by atoms with Gasteiger partial charge in [0.15, 0.2) is 0 Å². The Morgan fingerprint density at radius 1 is 1.21 bits per heavy atom. The van der Waals surface area contributed by atoms with E-state index in [9.17, 15) is 9.59 Å². The molecule has 1 aromatic heterocycles. The van der Waals surface area contributed by atoms with Gasteiger partial charge in [-0.25, -0.2) is 0 Å². The molecule has 1 atom stereocenters. The fourth-order valence-corrected chi connectivity index (χ4v) is 3.50. The molecule has 2 aromatic rings. The molecule has 1 aliphatic rings. The molecule has 1 amide bonds. The van der Waals surface area contributed by atoms with E-state index in [0.717, 1.165) is 12.8 Å². The van der Waals surface area contributed by atoms with Gasteiger partial charge in [0, 0.05) is 25.2 Å². The van der Waals surface area contributed by atoms with Crippen molar-refractivity contribution >= 4 is 5.91 Å². The van der Waals surface area contributed by atoms with Crippen LogP contribution in [0.15, 0.2) is 53.5 Å². The molecular formula is C20H24N2O2. The molecule has 1 unspecified atom stereocenters. The summed E-state index contributed by atoms with van der Waals surface area (Å²) < 4.78 is 1.57. The smallest absolute Gasteiger partial charge is 0.250 e. The van der Waals surface area contributed by atoms with E-state index in [2.05, 4.69) is 37.4 Å². The lowest BCUT2D eigenvalue weighted by atomic mass is 9.71. The van der Waals surface area contributed by atoms with Crippen LogP contribution in [0.1, 0.15) is 50.3 Å². The fourth-order valence-electron chi connectivity index (χ4n) is 3.50. The van der Waals surface area contributed by atoms with Gasteiger partial charge in [-0.2, -0.15) is 0 Å². The van der Waals surface area contributed by atoms with Gasteiger partial charge in [-0.3, -0.25) is 9.59 Å². The lowest BCUT2D eigenvalue weighted by molar-refractivity contribution is -0.122. The summed E-state index contributed by atoms with van der Waals surface area (Å²) in [6.07, 6.45) is 4.02. The number of amides is 1. The van der Waals surface area contributed by atoms with Crippen LogP contribution in [-0.4, -0.2) is 10.5 Å². The second-order valence-corrected chi connectivity index (χ2v) is 7.11. The molecule has 4 nitrogen and oxygen atoms in total. The summed E-state index contributed by atoms with van der Waals surface area (Å²) >= 11 is 0. The van der Waals surface area contributed by atoms with E-state index in [1.54, 1.807) is 22.9 Å². The molecule has 1 heterocycles. The zero-order valence-electron chi connectivity index (χ0n) is 14.3. The van der Waals surface area contributed by atoms with Crippen LogP contribution < -0.4 is 10.9 Å². The molecule has 1 aliphatic carbocycles. The molecule has 0 aliphatic heterocycles. The van der Waals surface area contributed by atoms with Gasteiger partial charge >= 0.3 is 0 Å². The number of nitrogens with zero attached hydrogens (tertiary/aromatic N) is 1. The Labute approximate surface area is 142 Å². The first-order valence-electron chi connectivity index (χ1n) is 8.52. The van der Waals surface area contributed by atoms with Crippen LogP contribution in [-0.2, 0) is 16.8 Å². The van der Waals surface area contributed by atoms with E-state index < -0.39 is 0 Å². The van der Waals surface area contributed by atoms with E-state index in [1.807, 2.05) is 6.07 Å². The van der Waals surface area contributed by atoms with Crippen molar-refractivity contribution in [1.82, 2.24) is 9.88 Å². The van der Waals surface area contributed by atoms with Crippen molar-refractivity contribution in [2.24, 2.45) is 0 Å². The van der Waals surface area contributed by atoms with Gasteiger partial charge in [0.1, 0.15) is 0 Å². The largest absolute Gasteiger partial charge is 0.349 e. The Kier molecular flexibility index (Phi) is 4.56. The van der Waals surface area contributed by atoms with Crippen molar-refractivity contribution in [2.75, 3.05) is 0 Å². The Balaban J connectivity index is 1.67. The van der Waals surface area contributed by atoms with Crippen molar-refractivity contribution in [3.05, 3.63) is 70.1 Å². The Bertz CT molecular complexity index is 792. The first-order valence-corrected chi connectivity index (χ1v) is 8.52. The zero-order chi connectivity index (χ0) is 17.2. The minimum Gasteiger partial charge on any atom is -0.349 e. The van der Waals surface area contributed by atoms with Gasteiger partial charge in [-0.05, 0) is 35.4 Å². The van der Waals surface area contributed by atoms with E-state index in [0.29, 0.717) is 13.0 Å². The quantitative estimate of drug-likeness (QED) is 0.939. The third-order valence-electron chi connectivity index (χ3n) is 4.94. The van der Waals surface area contributed by atoms with Crippen molar-refractivity contribution in [3.8, 4) is 0 Å². The van der Waals surface area contributed by atoms with Crippen LogP contribution >= 0.6 is 0 Å². The maximum Gasteiger partial charge on any atom is 0.250 e. The number of hydrogen-bond acceptors (Lipinski definition) is 2. The first kappa shape index (κ1) is 16.5. The average Bonchev–Trinajstić information content (AvgIpc) is 2.57. The first-order chi connectivity index (χ1) is 11.5. The van der Waals surface area contributed by atoms with E-state index in [1.165, 1.54) is 17.2 Å². The second-order valence-electron chi connectivity index (χ2n) is 7.11.